The minimum absolute atomic E-state index is 0. The smallest absolute Gasteiger partial charge is 0.241 e. The fourth-order valence-electron chi connectivity index (χ4n) is 2.11. The molecule has 1 fully saturated rings. The van der Waals surface area contributed by atoms with E-state index in [4.69, 9.17) is 15.2 Å². The number of carbonyl (C=O) groups excluding carboxylic acids is 1. The zero-order chi connectivity index (χ0) is 14.4. The topological polar surface area (TPSA) is 73.6 Å². The van der Waals surface area contributed by atoms with Crippen LogP contribution in [0.1, 0.15) is 24.9 Å². The van der Waals surface area contributed by atoms with E-state index >= 15 is 0 Å². The summed E-state index contributed by atoms with van der Waals surface area (Å²) in [6.07, 6.45) is 1.07. The number of hydrogen-bond acceptors (Lipinski definition) is 4. The molecule has 1 aromatic rings. The van der Waals surface area contributed by atoms with Crippen LogP contribution in [0.5, 0.6) is 0 Å². The predicted molar refractivity (Wildman–Crippen MR) is 83.4 cm³/mol. The van der Waals surface area contributed by atoms with Crippen molar-refractivity contribution in [2.45, 2.75) is 31.5 Å². The Morgan fingerprint density at radius 3 is 2.81 bits per heavy atom. The van der Waals surface area contributed by atoms with Crippen molar-refractivity contribution in [1.29, 1.82) is 0 Å². The van der Waals surface area contributed by atoms with Gasteiger partial charge in [0, 0.05) is 12.6 Å². The van der Waals surface area contributed by atoms with E-state index in [1.807, 2.05) is 37.3 Å². The van der Waals surface area contributed by atoms with Gasteiger partial charge >= 0.3 is 0 Å². The molecule has 1 aromatic carbocycles. The lowest BCUT2D eigenvalue weighted by Crippen LogP contribution is -2.42. The second-order valence-corrected chi connectivity index (χ2v) is 5.12. The molecule has 1 saturated heterocycles. The maximum atomic E-state index is 12.0. The molecule has 0 bridgehead atoms. The van der Waals surface area contributed by atoms with Crippen LogP contribution >= 0.6 is 12.4 Å². The molecule has 118 valence electrons. The molecule has 1 aliphatic heterocycles. The molecule has 1 aliphatic rings. The lowest BCUT2D eigenvalue weighted by molar-refractivity contribution is -0.123. The van der Waals surface area contributed by atoms with Gasteiger partial charge in [0.1, 0.15) is 6.04 Å². The Kier molecular flexibility index (Phi) is 7.67. The highest BCUT2D eigenvalue weighted by atomic mass is 35.5. The first-order valence-corrected chi connectivity index (χ1v) is 6.97. The molecule has 1 amide bonds. The van der Waals surface area contributed by atoms with E-state index < -0.39 is 6.04 Å². The second-order valence-electron chi connectivity index (χ2n) is 5.12. The molecule has 6 heteroatoms. The Morgan fingerprint density at radius 2 is 2.19 bits per heavy atom. The Hall–Kier alpha value is -1.14. The van der Waals surface area contributed by atoms with Crippen molar-refractivity contribution in [2.75, 3.05) is 19.8 Å². The van der Waals surface area contributed by atoms with E-state index in [1.165, 1.54) is 0 Å². The molecule has 3 unspecified atom stereocenters. The number of amides is 1. The van der Waals surface area contributed by atoms with Crippen LogP contribution in [-0.4, -0.2) is 37.9 Å². The van der Waals surface area contributed by atoms with Crippen molar-refractivity contribution in [3.05, 3.63) is 35.9 Å². The van der Waals surface area contributed by atoms with Gasteiger partial charge in [-0.2, -0.15) is 0 Å². The highest BCUT2D eigenvalue weighted by molar-refractivity contribution is 5.85. The van der Waals surface area contributed by atoms with E-state index in [9.17, 15) is 4.79 Å². The van der Waals surface area contributed by atoms with E-state index in [-0.39, 0.29) is 30.5 Å². The van der Waals surface area contributed by atoms with E-state index in [0.29, 0.717) is 13.2 Å². The van der Waals surface area contributed by atoms with E-state index in [2.05, 4.69) is 5.32 Å². The number of carbonyl (C=O) groups is 1. The molecule has 1 heterocycles. The number of hydrogen-bond donors (Lipinski definition) is 2. The molecule has 2 rings (SSSR count). The average Bonchev–Trinajstić information content (AvgIpc) is 2.98. The number of ether oxygens (including phenoxy) is 2. The molecule has 0 aliphatic carbocycles. The van der Waals surface area contributed by atoms with Crippen LogP contribution in [0.25, 0.3) is 0 Å². The van der Waals surface area contributed by atoms with Crippen molar-refractivity contribution >= 4 is 18.3 Å². The van der Waals surface area contributed by atoms with Crippen molar-refractivity contribution in [3.8, 4) is 0 Å². The summed E-state index contributed by atoms with van der Waals surface area (Å²) in [5.74, 6) is -0.185. The van der Waals surface area contributed by atoms with Crippen LogP contribution in [0.2, 0.25) is 0 Å². The summed E-state index contributed by atoms with van der Waals surface area (Å²) >= 11 is 0. The summed E-state index contributed by atoms with van der Waals surface area (Å²) < 4.78 is 10.9. The van der Waals surface area contributed by atoms with E-state index in [1.54, 1.807) is 0 Å². The van der Waals surface area contributed by atoms with Gasteiger partial charge in [-0.15, -0.1) is 12.4 Å². The van der Waals surface area contributed by atoms with Crippen LogP contribution in [0.15, 0.2) is 30.3 Å². The molecule has 0 aromatic heterocycles. The fourth-order valence-corrected chi connectivity index (χ4v) is 2.11. The number of halogens is 1. The zero-order valence-electron chi connectivity index (χ0n) is 12.2. The minimum Gasteiger partial charge on any atom is -0.379 e. The molecule has 0 saturated carbocycles. The standard InChI is InChI=1S/C15H22N2O3.ClH/c1-11(9-20-13-7-8-19-10-13)17-15(18)14(16)12-5-3-2-4-6-12;/h2-6,11,13-14H,7-10,16H2,1H3,(H,17,18);1H. The Morgan fingerprint density at radius 1 is 1.48 bits per heavy atom. The molecule has 3 N–H and O–H groups in total. The second kappa shape index (κ2) is 9.00. The third-order valence-electron chi connectivity index (χ3n) is 3.30. The van der Waals surface area contributed by atoms with Gasteiger partial charge in [-0.25, -0.2) is 0 Å². The van der Waals surface area contributed by atoms with Crippen LogP contribution in [0.3, 0.4) is 0 Å². The Balaban J connectivity index is 0.00000220. The number of nitrogens with two attached hydrogens (primary N) is 1. The third-order valence-corrected chi connectivity index (χ3v) is 3.30. The van der Waals surface area contributed by atoms with Gasteiger partial charge in [0.15, 0.2) is 0 Å². The predicted octanol–water partition coefficient (Wildman–Crippen LogP) is 1.42. The highest BCUT2D eigenvalue weighted by Gasteiger charge is 2.20. The quantitative estimate of drug-likeness (QED) is 0.833. The molecule has 0 spiro atoms. The van der Waals surface area contributed by atoms with Gasteiger partial charge in [-0.1, -0.05) is 30.3 Å². The summed E-state index contributed by atoms with van der Waals surface area (Å²) in [4.78, 5) is 12.0. The van der Waals surface area contributed by atoms with Crippen molar-refractivity contribution in [3.63, 3.8) is 0 Å². The van der Waals surface area contributed by atoms with Gasteiger partial charge in [0.05, 0.1) is 19.3 Å². The summed E-state index contributed by atoms with van der Waals surface area (Å²) in [6, 6.07) is 8.62. The maximum Gasteiger partial charge on any atom is 0.241 e. The van der Waals surface area contributed by atoms with Crippen LogP contribution in [0.4, 0.5) is 0 Å². The zero-order valence-corrected chi connectivity index (χ0v) is 13.0. The van der Waals surface area contributed by atoms with Crippen molar-refractivity contribution in [2.24, 2.45) is 5.73 Å². The van der Waals surface area contributed by atoms with Crippen molar-refractivity contribution < 1.29 is 14.3 Å². The minimum atomic E-state index is -0.645. The van der Waals surface area contributed by atoms with Gasteiger partial charge in [0.2, 0.25) is 5.91 Å². The highest BCUT2D eigenvalue weighted by Crippen LogP contribution is 2.11. The first-order chi connectivity index (χ1) is 9.66. The van der Waals surface area contributed by atoms with Crippen LogP contribution in [0, 0.1) is 0 Å². The average molecular weight is 315 g/mol. The molecule has 0 radical (unpaired) electrons. The number of benzene rings is 1. The van der Waals surface area contributed by atoms with Crippen molar-refractivity contribution in [1.82, 2.24) is 5.32 Å². The normalized spacial score (nSPS) is 20.4. The molecule has 3 atom stereocenters. The molecular weight excluding hydrogens is 292 g/mol. The Bertz CT molecular complexity index is 424. The van der Waals surface area contributed by atoms with E-state index in [0.717, 1.165) is 18.6 Å². The monoisotopic (exact) mass is 314 g/mol. The first-order valence-electron chi connectivity index (χ1n) is 6.97. The fraction of sp³-hybridized carbons (Fsp3) is 0.533. The number of rotatable bonds is 6. The molecule has 5 nitrogen and oxygen atoms in total. The summed E-state index contributed by atoms with van der Waals surface area (Å²) in [6.45, 7) is 3.78. The van der Waals surface area contributed by atoms with Crippen LogP contribution in [-0.2, 0) is 14.3 Å². The SMILES string of the molecule is CC(COC1CCOC1)NC(=O)C(N)c1ccccc1.Cl. The maximum absolute atomic E-state index is 12.0. The third kappa shape index (κ3) is 5.63. The first kappa shape index (κ1) is 17.9. The molecular formula is C15H23ClN2O3. The largest absolute Gasteiger partial charge is 0.379 e. The van der Waals surface area contributed by atoms with Crippen LogP contribution < -0.4 is 11.1 Å². The Labute approximate surface area is 131 Å². The van der Waals surface area contributed by atoms with Gasteiger partial charge in [0.25, 0.3) is 0 Å². The van der Waals surface area contributed by atoms with Gasteiger partial charge in [-0.3, -0.25) is 4.79 Å². The van der Waals surface area contributed by atoms with Gasteiger partial charge in [-0.05, 0) is 18.9 Å². The lowest BCUT2D eigenvalue weighted by Gasteiger charge is -2.19. The summed E-state index contributed by atoms with van der Waals surface area (Å²) in [5, 5.41) is 2.87. The van der Waals surface area contributed by atoms with Gasteiger partial charge < -0.3 is 20.5 Å². The summed E-state index contributed by atoms with van der Waals surface area (Å²) in [5.41, 5.74) is 6.74. The molecule has 21 heavy (non-hydrogen) atoms. The lowest BCUT2D eigenvalue weighted by atomic mass is 10.1. The number of nitrogens with one attached hydrogen (secondary N) is 1. The summed E-state index contributed by atoms with van der Waals surface area (Å²) in [7, 11) is 0.